The zero-order valence-corrected chi connectivity index (χ0v) is 16.4. The first-order valence-corrected chi connectivity index (χ1v) is 9.90. The fourth-order valence-corrected chi connectivity index (χ4v) is 4.73. The third-order valence-corrected chi connectivity index (χ3v) is 6.97. The summed E-state index contributed by atoms with van der Waals surface area (Å²) < 4.78 is 0. The number of piperazine rings is 1. The molecule has 134 valence electrons. The van der Waals surface area contributed by atoms with Crippen LogP contribution in [0.25, 0.3) is 0 Å². The topological polar surface area (TPSA) is 6.48 Å². The van der Waals surface area contributed by atoms with Crippen LogP contribution in [0.2, 0.25) is 0 Å². The Hall–Kier alpha value is -1.02. The molecule has 1 saturated carbocycles. The average molecular weight is 329 g/mol. The van der Waals surface area contributed by atoms with Crippen LogP contribution in [0.3, 0.4) is 0 Å². The maximum absolute atomic E-state index is 2.64. The van der Waals surface area contributed by atoms with E-state index in [2.05, 4.69) is 68.7 Å². The summed E-state index contributed by atoms with van der Waals surface area (Å²) in [5.74, 6) is 0.708. The van der Waals surface area contributed by atoms with Crippen molar-refractivity contribution in [3.05, 3.63) is 29.8 Å². The molecule has 2 heteroatoms. The van der Waals surface area contributed by atoms with Crippen molar-refractivity contribution in [2.24, 2.45) is 10.8 Å². The van der Waals surface area contributed by atoms with Crippen molar-refractivity contribution >= 4 is 5.69 Å². The Labute approximate surface area is 149 Å². The molecule has 2 nitrogen and oxygen atoms in total. The summed E-state index contributed by atoms with van der Waals surface area (Å²) in [4.78, 5) is 5.25. The van der Waals surface area contributed by atoms with Gasteiger partial charge in [0.15, 0.2) is 0 Å². The summed E-state index contributed by atoms with van der Waals surface area (Å²) in [7, 11) is 0. The summed E-state index contributed by atoms with van der Waals surface area (Å²) >= 11 is 0. The van der Waals surface area contributed by atoms with E-state index in [1.165, 1.54) is 57.7 Å². The van der Waals surface area contributed by atoms with Crippen LogP contribution in [0.4, 0.5) is 5.69 Å². The van der Waals surface area contributed by atoms with E-state index >= 15 is 0 Å². The van der Waals surface area contributed by atoms with E-state index in [4.69, 9.17) is 0 Å². The van der Waals surface area contributed by atoms with E-state index in [1.807, 2.05) is 0 Å². The van der Waals surface area contributed by atoms with Crippen LogP contribution in [-0.2, 0) is 0 Å². The predicted octanol–water partition coefficient (Wildman–Crippen LogP) is 5.15. The van der Waals surface area contributed by atoms with Gasteiger partial charge < -0.3 is 4.90 Å². The maximum Gasteiger partial charge on any atom is 0.0402 e. The van der Waals surface area contributed by atoms with Gasteiger partial charge in [-0.15, -0.1) is 0 Å². The molecule has 0 spiro atoms. The molecule has 1 aliphatic carbocycles. The Bertz CT molecular complexity index is 537. The molecule has 1 aromatic carbocycles. The molecule has 3 rings (SSSR count). The van der Waals surface area contributed by atoms with Crippen molar-refractivity contribution in [3.8, 4) is 0 Å². The quantitative estimate of drug-likeness (QED) is 0.754. The SMILES string of the molecule is CCCN1CCN(c2ccccc2C2CC(C)(C)C(C)(C)C2)CC1. The van der Waals surface area contributed by atoms with Crippen molar-refractivity contribution in [2.75, 3.05) is 37.6 Å². The molecule has 1 aliphatic heterocycles. The molecule has 0 bridgehead atoms. The Morgan fingerprint density at radius 3 is 2.08 bits per heavy atom. The zero-order valence-electron chi connectivity index (χ0n) is 16.4. The number of rotatable bonds is 4. The third kappa shape index (κ3) is 3.35. The highest BCUT2D eigenvalue weighted by Gasteiger charge is 2.47. The lowest BCUT2D eigenvalue weighted by Gasteiger charge is -2.37. The van der Waals surface area contributed by atoms with Gasteiger partial charge in [-0.3, -0.25) is 4.90 Å². The lowest BCUT2D eigenvalue weighted by molar-refractivity contribution is 0.157. The summed E-state index contributed by atoms with van der Waals surface area (Å²) in [5, 5.41) is 0. The first kappa shape index (κ1) is 17.8. The minimum absolute atomic E-state index is 0.421. The number of nitrogens with zero attached hydrogens (tertiary/aromatic N) is 2. The van der Waals surface area contributed by atoms with Gasteiger partial charge in [0, 0.05) is 31.9 Å². The second-order valence-corrected chi connectivity index (χ2v) is 9.26. The largest absolute Gasteiger partial charge is 0.369 e. The molecule has 0 amide bonds. The van der Waals surface area contributed by atoms with Crippen LogP contribution >= 0.6 is 0 Å². The number of para-hydroxylation sites is 1. The second-order valence-electron chi connectivity index (χ2n) is 9.26. The Kier molecular flexibility index (Phi) is 4.97. The Balaban J connectivity index is 1.78. The molecule has 0 aromatic heterocycles. The van der Waals surface area contributed by atoms with Crippen LogP contribution in [0.15, 0.2) is 24.3 Å². The summed E-state index contributed by atoms with van der Waals surface area (Å²) in [6.07, 6.45) is 3.89. The van der Waals surface area contributed by atoms with Crippen LogP contribution < -0.4 is 4.90 Å². The molecular formula is C22H36N2. The van der Waals surface area contributed by atoms with Crippen molar-refractivity contribution in [2.45, 2.75) is 59.8 Å². The molecule has 24 heavy (non-hydrogen) atoms. The minimum Gasteiger partial charge on any atom is -0.369 e. The van der Waals surface area contributed by atoms with Crippen molar-refractivity contribution in [1.29, 1.82) is 0 Å². The van der Waals surface area contributed by atoms with Crippen LogP contribution in [0.1, 0.15) is 65.4 Å². The average Bonchev–Trinajstić information content (AvgIpc) is 2.76. The van der Waals surface area contributed by atoms with E-state index in [1.54, 1.807) is 5.56 Å². The van der Waals surface area contributed by atoms with Gasteiger partial charge in [-0.25, -0.2) is 0 Å². The molecular weight excluding hydrogens is 292 g/mol. The van der Waals surface area contributed by atoms with E-state index in [-0.39, 0.29) is 0 Å². The maximum atomic E-state index is 2.64. The molecule has 0 unspecified atom stereocenters. The smallest absolute Gasteiger partial charge is 0.0402 e. The van der Waals surface area contributed by atoms with E-state index in [0.29, 0.717) is 16.7 Å². The molecule has 2 fully saturated rings. The second kappa shape index (κ2) is 6.71. The highest BCUT2D eigenvalue weighted by Crippen LogP contribution is 2.58. The molecule has 0 radical (unpaired) electrons. The van der Waals surface area contributed by atoms with Crippen LogP contribution in [-0.4, -0.2) is 37.6 Å². The van der Waals surface area contributed by atoms with E-state index in [9.17, 15) is 0 Å². The predicted molar refractivity (Wildman–Crippen MR) is 105 cm³/mol. The Morgan fingerprint density at radius 1 is 0.917 bits per heavy atom. The highest BCUT2D eigenvalue weighted by atomic mass is 15.3. The van der Waals surface area contributed by atoms with Crippen molar-refractivity contribution < 1.29 is 0 Å². The molecule has 1 heterocycles. The number of anilines is 1. The molecule has 1 saturated heterocycles. The summed E-state index contributed by atoms with van der Waals surface area (Å²) in [6, 6.07) is 9.23. The number of benzene rings is 1. The fourth-order valence-electron chi connectivity index (χ4n) is 4.73. The normalized spacial score (nSPS) is 24.5. The molecule has 0 atom stereocenters. The molecule has 0 N–H and O–H groups in total. The minimum atomic E-state index is 0.421. The van der Waals surface area contributed by atoms with Crippen molar-refractivity contribution in [3.63, 3.8) is 0 Å². The number of hydrogen-bond acceptors (Lipinski definition) is 2. The van der Waals surface area contributed by atoms with E-state index in [0.717, 1.165) is 0 Å². The lowest BCUT2D eigenvalue weighted by atomic mass is 9.71. The van der Waals surface area contributed by atoms with Gasteiger partial charge in [0.1, 0.15) is 0 Å². The van der Waals surface area contributed by atoms with Gasteiger partial charge in [0.25, 0.3) is 0 Å². The lowest BCUT2D eigenvalue weighted by Crippen LogP contribution is -2.46. The molecule has 1 aromatic rings. The summed E-state index contributed by atoms with van der Waals surface area (Å²) in [5.41, 5.74) is 3.95. The first-order valence-electron chi connectivity index (χ1n) is 9.90. The van der Waals surface area contributed by atoms with Gasteiger partial charge >= 0.3 is 0 Å². The standard InChI is InChI=1S/C22H36N2/c1-6-11-23-12-14-24(15-13-23)20-10-8-7-9-19(20)18-16-21(2,3)22(4,5)17-18/h7-10,18H,6,11-17H2,1-5H3. The first-order chi connectivity index (χ1) is 11.3. The van der Waals surface area contributed by atoms with Crippen molar-refractivity contribution in [1.82, 2.24) is 4.90 Å². The zero-order chi connectivity index (χ0) is 17.4. The summed E-state index contributed by atoms with van der Waals surface area (Å²) in [6.45, 7) is 18.1. The van der Waals surface area contributed by atoms with Gasteiger partial charge in [-0.1, -0.05) is 52.8 Å². The fraction of sp³-hybridized carbons (Fsp3) is 0.727. The highest BCUT2D eigenvalue weighted by molar-refractivity contribution is 5.56. The van der Waals surface area contributed by atoms with Gasteiger partial charge in [-0.2, -0.15) is 0 Å². The third-order valence-electron chi connectivity index (χ3n) is 6.97. The molecule has 2 aliphatic rings. The van der Waals surface area contributed by atoms with Crippen LogP contribution in [0, 0.1) is 10.8 Å². The van der Waals surface area contributed by atoms with Gasteiger partial charge in [-0.05, 0) is 54.2 Å². The Morgan fingerprint density at radius 2 is 1.50 bits per heavy atom. The van der Waals surface area contributed by atoms with E-state index < -0.39 is 0 Å². The van der Waals surface area contributed by atoms with Gasteiger partial charge in [0.05, 0.1) is 0 Å². The number of hydrogen-bond donors (Lipinski definition) is 0. The monoisotopic (exact) mass is 328 g/mol. The van der Waals surface area contributed by atoms with Gasteiger partial charge in [0.2, 0.25) is 0 Å². The van der Waals surface area contributed by atoms with Crippen LogP contribution in [0.5, 0.6) is 0 Å².